The normalized spacial score (nSPS) is 15.6. The van der Waals surface area contributed by atoms with E-state index in [9.17, 15) is 10.1 Å². The van der Waals surface area contributed by atoms with E-state index in [1.807, 2.05) is 30.3 Å². The van der Waals surface area contributed by atoms with Gasteiger partial charge in [0.2, 0.25) is 0 Å². The molecule has 1 aliphatic rings. The summed E-state index contributed by atoms with van der Waals surface area (Å²) < 4.78 is 17.1. The van der Waals surface area contributed by atoms with Crippen molar-refractivity contribution in [1.82, 2.24) is 20.0 Å². The van der Waals surface area contributed by atoms with Crippen molar-refractivity contribution in [2.24, 2.45) is 12.8 Å². The average molecular weight is 426 g/mol. The third kappa shape index (κ3) is 2.94. The van der Waals surface area contributed by atoms with Crippen LogP contribution < -0.4 is 11.3 Å². The van der Waals surface area contributed by atoms with E-state index < -0.39 is 6.17 Å². The van der Waals surface area contributed by atoms with Gasteiger partial charge in [-0.2, -0.15) is 15.5 Å². The molecule has 2 aromatic carbocycles. The van der Waals surface area contributed by atoms with Gasteiger partial charge in [0.05, 0.1) is 28.5 Å². The summed E-state index contributed by atoms with van der Waals surface area (Å²) in [6.45, 7) is 0.156. The van der Waals surface area contributed by atoms with Gasteiger partial charge in [0.15, 0.2) is 0 Å². The molecule has 0 saturated carbocycles. The van der Waals surface area contributed by atoms with Crippen LogP contribution in [0.5, 0.6) is 0 Å². The number of aromatic nitrogens is 4. The van der Waals surface area contributed by atoms with Crippen LogP contribution in [-0.4, -0.2) is 26.1 Å². The zero-order chi connectivity index (χ0) is 22.4. The maximum Gasteiger partial charge on any atom is 0.272 e. The standard InChI is InChI=1S/C24H19FN6O/c1-31-23(22-18(10-26)15-5-3-2-4-13(15)9-20(22)25)19(12-28-31)14-6-7-16-17(8-14)21(11-27)29-30-24(16)32/h2-8,12,20H,9,11,27H2,1H3,(H,30,32). The minimum absolute atomic E-state index is 0.156. The minimum Gasteiger partial charge on any atom is -0.325 e. The first-order valence-corrected chi connectivity index (χ1v) is 10.1. The molecule has 0 aliphatic heterocycles. The molecule has 1 atom stereocenters. The molecule has 0 bridgehead atoms. The van der Waals surface area contributed by atoms with Gasteiger partial charge in [-0.1, -0.05) is 30.3 Å². The number of nitriles is 1. The highest BCUT2D eigenvalue weighted by Crippen LogP contribution is 2.41. The number of aromatic amines is 1. The smallest absolute Gasteiger partial charge is 0.272 e. The van der Waals surface area contributed by atoms with Gasteiger partial charge in [-0.05, 0) is 28.8 Å². The van der Waals surface area contributed by atoms with Crippen LogP contribution >= 0.6 is 0 Å². The molecule has 3 N–H and O–H groups in total. The first-order chi connectivity index (χ1) is 15.5. The Bertz CT molecular complexity index is 1510. The largest absolute Gasteiger partial charge is 0.325 e. The number of allylic oxidation sites excluding steroid dienone is 2. The van der Waals surface area contributed by atoms with Crippen molar-refractivity contribution in [1.29, 1.82) is 5.26 Å². The zero-order valence-corrected chi connectivity index (χ0v) is 17.3. The molecule has 0 fully saturated rings. The predicted molar refractivity (Wildman–Crippen MR) is 120 cm³/mol. The van der Waals surface area contributed by atoms with Gasteiger partial charge < -0.3 is 5.73 Å². The van der Waals surface area contributed by atoms with E-state index in [2.05, 4.69) is 21.4 Å². The highest BCUT2D eigenvalue weighted by Gasteiger charge is 2.32. The summed E-state index contributed by atoms with van der Waals surface area (Å²) >= 11 is 0. The van der Waals surface area contributed by atoms with Gasteiger partial charge in [-0.15, -0.1) is 0 Å². The van der Waals surface area contributed by atoms with Gasteiger partial charge in [-0.25, -0.2) is 9.49 Å². The van der Waals surface area contributed by atoms with E-state index in [0.29, 0.717) is 38.9 Å². The summed E-state index contributed by atoms with van der Waals surface area (Å²) in [4.78, 5) is 12.2. The minimum atomic E-state index is -1.35. The van der Waals surface area contributed by atoms with E-state index in [1.165, 1.54) is 0 Å². The lowest BCUT2D eigenvalue weighted by molar-refractivity contribution is 0.406. The number of benzene rings is 2. The van der Waals surface area contributed by atoms with E-state index in [-0.39, 0.29) is 18.5 Å². The molecule has 0 radical (unpaired) electrons. The Morgan fingerprint density at radius 1 is 1.25 bits per heavy atom. The number of hydrogen-bond donors (Lipinski definition) is 2. The molecule has 5 rings (SSSR count). The average Bonchev–Trinajstić information content (AvgIpc) is 3.19. The molecular formula is C24H19FN6O. The Morgan fingerprint density at radius 2 is 2.06 bits per heavy atom. The Kier molecular flexibility index (Phi) is 4.68. The fraction of sp³-hybridized carbons (Fsp3) is 0.167. The molecular weight excluding hydrogens is 407 g/mol. The van der Waals surface area contributed by atoms with Crippen molar-refractivity contribution in [3.8, 4) is 17.2 Å². The SMILES string of the molecule is Cn1ncc(-c2ccc3c(=O)[nH]nc(CN)c3c2)c1C1=C(C#N)c2ccccc2CC1F. The number of H-pyrrole nitrogens is 1. The molecule has 7 nitrogen and oxygen atoms in total. The van der Waals surface area contributed by atoms with Crippen LogP contribution in [0.1, 0.15) is 22.5 Å². The number of nitrogens with one attached hydrogen (secondary N) is 1. The quantitative estimate of drug-likeness (QED) is 0.523. The topological polar surface area (TPSA) is 113 Å². The fourth-order valence-electron chi connectivity index (χ4n) is 4.44. The van der Waals surface area contributed by atoms with E-state index >= 15 is 4.39 Å². The number of nitrogens with zero attached hydrogens (tertiary/aromatic N) is 4. The van der Waals surface area contributed by atoms with Crippen LogP contribution in [0.4, 0.5) is 4.39 Å². The van der Waals surface area contributed by atoms with Crippen molar-refractivity contribution in [2.45, 2.75) is 19.1 Å². The Balaban J connectivity index is 1.78. The van der Waals surface area contributed by atoms with Crippen LogP contribution in [0, 0.1) is 11.3 Å². The van der Waals surface area contributed by atoms with Crippen molar-refractivity contribution >= 4 is 21.9 Å². The zero-order valence-electron chi connectivity index (χ0n) is 17.3. The Labute approximate surface area is 182 Å². The molecule has 0 amide bonds. The third-order valence-electron chi connectivity index (χ3n) is 5.95. The number of aryl methyl sites for hydroxylation is 1. The van der Waals surface area contributed by atoms with Gasteiger partial charge in [0.25, 0.3) is 5.56 Å². The molecule has 8 heteroatoms. The highest BCUT2D eigenvalue weighted by molar-refractivity contribution is 6.03. The van der Waals surface area contributed by atoms with E-state index in [4.69, 9.17) is 5.73 Å². The lowest BCUT2D eigenvalue weighted by Crippen LogP contribution is -2.18. The Morgan fingerprint density at radius 3 is 2.84 bits per heavy atom. The van der Waals surface area contributed by atoms with Crippen molar-refractivity contribution < 1.29 is 4.39 Å². The summed E-state index contributed by atoms with van der Waals surface area (Å²) in [6.07, 6.45) is 0.489. The number of alkyl halides is 1. The second-order valence-corrected chi connectivity index (χ2v) is 7.72. The van der Waals surface area contributed by atoms with Crippen molar-refractivity contribution in [2.75, 3.05) is 0 Å². The second kappa shape index (κ2) is 7.55. The Hall–Kier alpha value is -4.09. The predicted octanol–water partition coefficient (Wildman–Crippen LogP) is 3.11. The van der Waals surface area contributed by atoms with Gasteiger partial charge >= 0.3 is 0 Å². The van der Waals surface area contributed by atoms with Crippen molar-refractivity contribution in [3.05, 3.63) is 81.5 Å². The summed E-state index contributed by atoms with van der Waals surface area (Å²) in [6, 6.07) is 14.9. The fourth-order valence-corrected chi connectivity index (χ4v) is 4.44. The third-order valence-corrected chi connectivity index (χ3v) is 5.95. The van der Waals surface area contributed by atoms with Gasteiger partial charge in [-0.3, -0.25) is 9.48 Å². The molecule has 4 aromatic rings. The van der Waals surface area contributed by atoms with E-state index in [1.54, 1.807) is 30.1 Å². The maximum absolute atomic E-state index is 15.5. The summed E-state index contributed by atoms with van der Waals surface area (Å²) in [7, 11) is 1.73. The summed E-state index contributed by atoms with van der Waals surface area (Å²) in [5.41, 5.74) is 10.2. The van der Waals surface area contributed by atoms with Gasteiger partial charge in [0, 0.05) is 36.5 Å². The molecule has 2 aromatic heterocycles. The van der Waals surface area contributed by atoms with Crippen LogP contribution in [0.3, 0.4) is 0 Å². The number of rotatable bonds is 3. The van der Waals surface area contributed by atoms with E-state index in [0.717, 1.165) is 16.7 Å². The monoisotopic (exact) mass is 426 g/mol. The maximum atomic E-state index is 15.5. The van der Waals surface area contributed by atoms with Crippen LogP contribution in [0.25, 0.3) is 33.0 Å². The molecule has 0 spiro atoms. The summed E-state index contributed by atoms with van der Waals surface area (Å²) in [5.74, 6) is 0. The lowest BCUT2D eigenvalue weighted by atomic mass is 9.82. The van der Waals surface area contributed by atoms with Crippen molar-refractivity contribution in [3.63, 3.8) is 0 Å². The highest BCUT2D eigenvalue weighted by atomic mass is 19.1. The number of fused-ring (bicyclic) bond motifs is 2. The second-order valence-electron chi connectivity index (χ2n) is 7.72. The lowest BCUT2D eigenvalue weighted by Gasteiger charge is -2.24. The molecule has 1 aliphatic carbocycles. The first kappa shape index (κ1) is 19.8. The molecule has 32 heavy (non-hydrogen) atoms. The molecule has 158 valence electrons. The number of nitrogens with two attached hydrogens (primary N) is 1. The van der Waals surface area contributed by atoms with Crippen LogP contribution in [0.15, 0.2) is 53.5 Å². The van der Waals surface area contributed by atoms with Gasteiger partial charge in [0.1, 0.15) is 12.2 Å². The summed E-state index contributed by atoms with van der Waals surface area (Å²) in [5, 5.41) is 21.9. The molecule has 0 saturated heterocycles. The van der Waals surface area contributed by atoms with Crippen LogP contribution in [-0.2, 0) is 20.0 Å². The number of halogens is 1. The molecule has 2 heterocycles. The number of hydrogen-bond acceptors (Lipinski definition) is 5. The first-order valence-electron chi connectivity index (χ1n) is 10.1. The molecule has 1 unspecified atom stereocenters. The van der Waals surface area contributed by atoms with Crippen LogP contribution in [0.2, 0.25) is 0 Å².